The first-order chi connectivity index (χ1) is 10.1. The molecule has 0 heterocycles. The molecule has 1 aromatic carbocycles. The van der Waals surface area contributed by atoms with Crippen LogP contribution in [0.5, 0.6) is 0 Å². The van der Waals surface area contributed by atoms with Gasteiger partial charge in [0.15, 0.2) is 0 Å². The molecule has 0 aromatic heterocycles. The highest BCUT2D eigenvalue weighted by atomic mass is 16.3. The zero-order chi connectivity index (χ0) is 15.7. The average Bonchev–Trinajstić information content (AvgIpc) is 2.49. The van der Waals surface area contributed by atoms with Crippen LogP contribution >= 0.6 is 0 Å². The number of unbranched alkanes of at least 4 members (excludes halogenated alkanes) is 1. The normalized spacial score (nSPS) is 10.2. The Bertz CT molecular complexity index is 453. The maximum absolute atomic E-state index is 12.1. The van der Waals surface area contributed by atoms with Gasteiger partial charge < -0.3 is 15.3 Å². The molecule has 2 N–H and O–H groups in total. The highest BCUT2D eigenvalue weighted by Crippen LogP contribution is 2.12. The molecule has 1 rings (SSSR count). The minimum absolute atomic E-state index is 0.000761. The number of nitrogens with one attached hydrogen (secondary N) is 1. The van der Waals surface area contributed by atoms with Gasteiger partial charge >= 0.3 is 0 Å². The van der Waals surface area contributed by atoms with Crippen molar-refractivity contribution in [2.24, 2.45) is 0 Å². The lowest BCUT2D eigenvalue weighted by Gasteiger charge is -2.18. The van der Waals surface area contributed by atoms with Crippen molar-refractivity contribution < 1.29 is 14.7 Å². The van der Waals surface area contributed by atoms with E-state index in [1.54, 1.807) is 29.2 Å². The lowest BCUT2D eigenvalue weighted by Crippen LogP contribution is -2.30. The lowest BCUT2D eigenvalue weighted by molar-refractivity contribution is -0.116. The lowest BCUT2D eigenvalue weighted by atomic mass is 10.1. The number of anilines is 1. The van der Waals surface area contributed by atoms with Crippen LogP contribution in [0.4, 0.5) is 5.69 Å². The van der Waals surface area contributed by atoms with Crippen molar-refractivity contribution in [1.29, 1.82) is 0 Å². The molecule has 116 valence electrons. The Labute approximate surface area is 126 Å². The van der Waals surface area contributed by atoms with Crippen LogP contribution in [0.3, 0.4) is 0 Å². The van der Waals surface area contributed by atoms with E-state index in [0.717, 1.165) is 0 Å². The van der Waals surface area contributed by atoms with Gasteiger partial charge in [-0.2, -0.15) is 0 Å². The highest BCUT2D eigenvalue weighted by Gasteiger charge is 2.12. The third kappa shape index (κ3) is 5.55. The van der Waals surface area contributed by atoms with E-state index < -0.39 is 0 Å². The molecule has 0 aliphatic rings. The van der Waals surface area contributed by atoms with Crippen molar-refractivity contribution in [2.75, 3.05) is 25.0 Å². The first-order valence-corrected chi connectivity index (χ1v) is 7.42. The summed E-state index contributed by atoms with van der Waals surface area (Å²) in [5.74, 6) is -0.0768. The molecule has 0 bridgehead atoms. The molecule has 0 spiro atoms. The summed E-state index contributed by atoms with van der Waals surface area (Å²) in [7, 11) is 0. The number of benzene rings is 1. The second kappa shape index (κ2) is 9.13. The van der Waals surface area contributed by atoms with E-state index >= 15 is 0 Å². The largest absolute Gasteiger partial charge is 0.396 e. The molecular formula is C16H24N2O3. The Kier molecular flexibility index (Phi) is 7.46. The summed E-state index contributed by atoms with van der Waals surface area (Å²) in [5, 5.41) is 11.4. The monoisotopic (exact) mass is 292 g/mol. The van der Waals surface area contributed by atoms with Crippen molar-refractivity contribution in [3.63, 3.8) is 0 Å². The predicted molar refractivity (Wildman–Crippen MR) is 83.3 cm³/mol. The highest BCUT2D eigenvalue weighted by molar-refractivity contribution is 5.95. The summed E-state index contributed by atoms with van der Waals surface area (Å²) in [5.41, 5.74) is 1.30. The van der Waals surface area contributed by atoms with Crippen LogP contribution in [0.2, 0.25) is 0 Å². The summed E-state index contributed by atoms with van der Waals surface area (Å²) in [6, 6.07) is 6.93. The van der Waals surface area contributed by atoms with Gasteiger partial charge in [0.1, 0.15) is 0 Å². The molecule has 0 fully saturated rings. The fraction of sp³-hybridized carbons (Fsp3) is 0.500. The summed E-state index contributed by atoms with van der Waals surface area (Å²) >= 11 is 0. The molecule has 0 unspecified atom stereocenters. The van der Waals surface area contributed by atoms with Crippen LogP contribution in [0.1, 0.15) is 43.5 Å². The zero-order valence-corrected chi connectivity index (χ0v) is 12.8. The van der Waals surface area contributed by atoms with Crippen molar-refractivity contribution in [3.8, 4) is 0 Å². The number of aliphatic hydroxyl groups is 1. The number of carbonyl (C=O) groups excluding carboxylic acids is 2. The van der Waals surface area contributed by atoms with Gasteiger partial charge in [0.05, 0.1) is 0 Å². The fourth-order valence-electron chi connectivity index (χ4n) is 2.01. The number of amides is 2. The molecule has 21 heavy (non-hydrogen) atoms. The molecular weight excluding hydrogens is 268 g/mol. The van der Waals surface area contributed by atoms with Gasteiger partial charge in [-0.25, -0.2) is 0 Å². The third-order valence-electron chi connectivity index (χ3n) is 3.28. The van der Waals surface area contributed by atoms with E-state index in [9.17, 15) is 9.59 Å². The Hall–Kier alpha value is -1.88. The van der Waals surface area contributed by atoms with Crippen molar-refractivity contribution in [2.45, 2.75) is 33.1 Å². The fourth-order valence-corrected chi connectivity index (χ4v) is 2.01. The minimum Gasteiger partial charge on any atom is -0.396 e. The van der Waals surface area contributed by atoms with Crippen molar-refractivity contribution in [1.82, 2.24) is 4.90 Å². The second-order valence-electron chi connectivity index (χ2n) is 4.78. The van der Waals surface area contributed by atoms with Gasteiger partial charge in [0, 0.05) is 37.4 Å². The van der Waals surface area contributed by atoms with Gasteiger partial charge in [0.2, 0.25) is 5.91 Å². The van der Waals surface area contributed by atoms with E-state index in [2.05, 4.69) is 5.32 Å². The summed E-state index contributed by atoms with van der Waals surface area (Å²) in [4.78, 5) is 25.5. The van der Waals surface area contributed by atoms with E-state index in [1.165, 1.54) is 0 Å². The van der Waals surface area contributed by atoms with Crippen LogP contribution in [0.15, 0.2) is 24.3 Å². The molecule has 1 aromatic rings. The van der Waals surface area contributed by atoms with Crippen LogP contribution in [0, 0.1) is 0 Å². The maximum Gasteiger partial charge on any atom is 0.253 e. The van der Waals surface area contributed by atoms with E-state index in [1.807, 2.05) is 13.8 Å². The first-order valence-electron chi connectivity index (χ1n) is 7.42. The number of hydrogen-bond donors (Lipinski definition) is 2. The molecule has 5 nitrogen and oxygen atoms in total. The standard InChI is InChI=1S/C16H24N2O3/c1-3-18(4-2)16(21)13-8-10-14(11-9-13)17-15(20)7-5-6-12-19/h8-11,19H,3-7,12H2,1-2H3,(H,17,20). The van der Waals surface area contributed by atoms with Crippen LogP contribution in [-0.4, -0.2) is 41.5 Å². The second-order valence-corrected chi connectivity index (χ2v) is 4.78. The smallest absolute Gasteiger partial charge is 0.253 e. The van der Waals surface area contributed by atoms with Gasteiger partial charge in [-0.05, 0) is 51.0 Å². The number of nitrogens with zero attached hydrogens (tertiary/aromatic N) is 1. The number of hydrogen-bond acceptors (Lipinski definition) is 3. The summed E-state index contributed by atoms with van der Waals surface area (Å²) in [6.45, 7) is 5.36. The average molecular weight is 292 g/mol. The summed E-state index contributed by atoms with van der Waals surface area (Å²) in [6.07, 6.45) is 1.69. The van der Waals surface area contributed by atoms with Crippen LogP contribution < -0.4 is 5.32 Å². The zero-order valence-electron chi connectivity index (χ0n) is 12.8. The Morgan fingerprint density at radius 3 is 2.24 bits per heavy atom. The van der Waals surface area contributed by atoms with Gasteiger partial charge in [-0.1, -0.05) is 0 Å². The van der Waals surface area contributed by atoms with Crippen LogP contribution in [0.25, 0.3) is 0 Å². The summed E-state index contributed by atoms with van der Waals surface area (Å²) < 4.78 is 0. The first kappa shape index (κ1) is 17.2. The van der Waals surface area contributed by atoms with Gasteiger partial charge in [-0.3, -0.25) is 9.59 Å². The van der Waals surface area contributed by atoms with Crippen molar-refractivity contribution in [3.05, 3.63) is 29.8 Å². The van der Waals surface area contributed by atoms with E-state index in [-0.39, 0.29) is 18.4 Å². The SMILES string of the molecule is CCN(CC)C(=O)c1ccc(NC(=O)CCCCO)cc1. The van der Waals surface area contributed by atoms with E-state index in [4.69, 9.17) is 5.11 Å². The van der Waals surface area contributed by atoms with Crippen molar-refractivity contribution >= 4 is 17.5 Å². The topological polar surface area (TPSA) is 69.6 Å². The Morgan fingerprint density at radius 1 is 1.10 bits per heavy atom. The van der Waals surface area contributed by atoms with Crippen LogP contribution in [-0.2, 0) is 4.79 Å². The molecule has 5 heteroatoms. The molecule has 0 aliphatic carbocycles. The Balaban J connectivity index is 2.57. The van der Waals surface area contributed by atoms with Gasteiger partial charge in [0.25, 0.3) is 5.91 Å². The molecule has 0 radical (unpaired) electrons. The quantitative estimate of drug-likeness (QED) is 0.722. The molecule has 0 atom stereocenters. The minimum atomic E-state index is -0.0775. The predicted octanol–water partition coefficient (Wildman–Crippen LogP) is 2.27. The number of aliphatic hydroxyl groups excluding tert-OH is 1. The number of rotatable bonds is 8. The van der Waals surface area contributed by atoms with Gasteiger partial charge in [-0.15, -0.1) is 0 Å². The Morgan fingerprint density at radius 2 is 1.71 bits per heavy atom. The molecule has 0 saturated carbocycles. The number of carbonyl (C=O) groups is 2. The van der Waals surface area contributed by atoms with E-state index in [0.29, 0.717) is 43.6 Å². The molecule has 0 saturated heterocycles. The molecule has 0 aliphatic heterocycles. The molecule has 2 amide bonds. The third-order valence-corrected chi connectivity index (χ3v) is 3.28. The maximum atomic E-state index is 12.1.